The molecule has 0 saturated heterocycles. The van der Waals surface area contributed by atoms with Crippen LogP contribution in [0.5, 0.6) is 5.75 Å². The molecule has 1 N–H and O–H groups in total. The Morgan fingerprint density at radius 3 is 2.71 bits per heavy atom. The van der Waals surface area contributed by atoms with Gasteiger partial charge in [-0.3, -0.25) is 14.2 Å². The number of anilines is 1. The molecule has 156 valence electrons. The Hall–Kier alpha value is -3.29. The third kappa shape index (κ3) is 4.73. The lowest BCUT2D eigenvalue weighted by Gasteiger charge is -2.14. The van der Waals surface area contributed by atoms with Crippen LogP contribution in [0.2, 0.25) is 5.02 Å². The minimum atomic E-state index is -0.230. The molecule has 0 unspecified atom stereocenters. The number of para-hydroxylation sites is 1. The fourth-order valence-corrected chi connectivity index (χ4v) is 4.08. The summed E-state index contributed by atoms with van der Waals surface area (Å²) >= 11 is 7.15. The largest absolute Gasteiger partial charge is 0.497 e. The number of carbonyl (C=O) groups is 1. The molecule has 1 aromatic heterocycles. The normalized spacial score (nSPS) is 10.8. The number of nitrogens with zero attached hydrogens (tertiary/aromatic N) is 2. The van der Waals surface area contributed by atoms with Crippen molar-refractivity contribution < 1.29 is 9.53 Å². The first kappa shape index (κ1) is 21.0. The standard InChI is InChI=1S/C23H18ClN3O3S/c1-30-18-9-5-8-17(13-18)27-22(29)19-10-2-3-11-20(19)26-23(27)31-14-21(28)25-16-7-4-6-15(24)12-16/h2-13H,14H2,1H3,(H,25,28). The maximum Gasteiger partial charge on any atom is 0.266 e. The molecular weight excluding hydrogens is 434 g/mol. The Morgan fingerprint density at radius 1 is 1.10 bits per heavy atom. The van der Waals surface area contributed by atoms with Gasteiger partial charge in [-0.2, -0.15) is 0 Å². The summed E-state index contributed by atoms with van der Waals surface area (Å²) in [6.07, 6.45) is 0. The minimum Gasteiger partial charge on any atom is -0.497 e. The van der Waals surface area contributed by atoms with Gasteiger partial charge in [0, 0.05) is 16.8 Å². The first-order valence-electron chi connectivity index (χ1n) is 9.39. The lowest BCUT2D eigenvalue weighted by atomic mass is 10.2. The molecule has 0 saturated carbocycles. The van der Waals surface area contributed by atoms with E-state index >= 15 is 0 Å². The van der Waals surface area contributed by atoms with Crippen molar-refractivity contribution >= 4 is 45.9 Å². The second-order valence-electron chi connectivity index (χ2n) is 6.60. The molecule has 0 aliphatic rings. The van der Waals surface area contributed by atoms with Crippen molar-refractivity contribution in [1.82, 2.24) is 9.55 Å². The van der Waals surface area contributed by atoms with E-state index in [9.17, 15) is 9.59 Å². The Morgan fingerprint density at radius 2 is 1.90 bits per heavy atom. The molecule has 0 atom stereocenters. The highest BCUT2D eigenvalue weighted by molar-refractivity contribution is 7.99. The van der Waals surface area contributed by atoms with E-state index in [1.807, 2.05) is 6.07 Å². The van der Waals surface area contributed by atoms with Crippen LogP contribution in [0.3, 0.4) is 0 Å². The van der Waals surface area contributed by atoms with Gasteiger partial charge in [-0.25, -0.2) is 4.98 Å². The molecule has 8 heteroatoms. The number of carbonyl (C=O) groups excluding carboxylic acids is 1. The number of ether oxygens (including phenoxy) is 1. The number of thioether (sulfide) groups is 1. The molecular formula is C23H18ClN3O3S. The van der Waals surface area contributed by atoms with Gasteiger partial charge in [-0.05, 0) is 42.5 Å². The molecule has 0 radical (unpaired) electrons. The SMILES string of the molecule is COc1cccc(-n2c(SCC(=O)Nc3cccc(Cl)c3)nc3ccccc3c2=O)c1. The first-order valence-corrected chi connectivity index (χ1v) is 10.8. The van der Waals surface area contributed by atoms with E-state index < -0.39 is 0 Å². The predicted molar refractivity (Wildman–Crippen MR) is 125 cm³/mol. The number of rotatable bonds is 6. The summed E-state index contributed by atoms with van der Waals surface area (Å²) in [6.45, 7) is 0. The van der Waals surface area contributed by atoms with Gasteiger partial charge in [-0.15, -0.1) is 0 Å². The maximum absolute atomic E-state index is 13.3. The van der Waals surface area contributed by atoms with Crippen LogP contribution >= 0.6 is 23.4 Å². The Kier molecular flexibility index (Phi) is 6.25. The van der Waals surface area contributed by atoms with Crippen molar-refractivity contribution in [3.63, 3.8) is 0 Å². The molecule has 3 aromatic carbocycles. The zero-order chi connectivity index (χ0) is 21.8. The van der Waals surface area contributed by atoms with Crippen molar-refractivity contribution in [2.75, 3.05) is 18.2 Å². The lowest BCUT2D eigenvalue weighted by molar-refractivity contribution is -0.113. The van der Waals surface area contributed by atoms with Crippen molar-refractivity contribution in [3.8, 4) is 11.4 Å². The summed E-state index contributed by atoms with van der Waals surface area (Å²) in [6, 6.07) is 21.2. The lowest BCUT2D eigenvalue weighted by Crippen LogP contribution is -2.23. The molecule has 0 bridgehead atoms. The number of nitrogens with one attached hydrogen (secondary N) is 1. The van der Waals surface area contributed by atoms with Crippen LogP contribution in [0.15, 0.2) is 82.7 Å². The molecule has 0 aliphatic heterocycles. The van der Waals surface area contributed by atoms with Crippen molar-refractivity contribution in [1.29, 1.82) is 0 Å². The molecule has 1 amide bonds. The van der Waals surface area contributed by atoms with E-state index in [-0.39, 0.29) is 17.2 Å². The molecule has 4 aromatic rings. The van der Waals surface area contributed by atoms with Crippen LogP contribution in [0.4, 0.5) is 5.69 Å². The van der Waals surface area contributed by atoms with Crippen LogP contribution in [0.25, 0.3) is 16.6 Å². The quantitative estimate of drug-likeness (QED) is 0.337. The van der Waals surface area contributed by atoms with Gasteiger partial charge >= 0.3 is 0 Å². The minimum absolute atomic E-state index is 0.0707. The maximum atomic E-state index is 13.3. The zero-order valence-corrected chi connectivity index (χ0v) is 18.1. The number of hydrogen-bond donors (Lipinski definition) is 1. The average Bonchev–Trinajstić information content (AvgIpc) is 2.78. The van der Waals surface area contributed by atoms with Gasteiger partial charge in [0.05, 0.1) is 29.5 Å². The molecule has 6 nitrogen and oxygen atoms in total. The fraction of sp³-hybridized carbons (Fsp3) is 0.0870. The van der Waals surface area contributed by atoms with Crippen LogP contribution in [-0.2, 0) is 4.79 Å². The number of methoxy groups -OCH3 is 1. The van der Waals surface area contributed by atoms with E-state index in [1.165, 1.54) is 16.3 Å². The number of hydrogen-bond acceptors (Lipinski definition) is 5. The van der Waals surface area contributed by atoms with E-state index in [0.717, 1.165) is 0 Å². The number of aromatic nitrogens is 2. The topological polar surface area (TPSA) is 73.2 Å². The highest BCUT2D eigenvalue weighted by Crippen LogP contribution is 2.24. The number of amides is 1. The van der Waals surface area contributed by atoms with Crippen LogP contribution in [-0.4, -0.2) is 28.3 Å². The molecule has 1 heterocycles. The highest BCUT2D eigenvalue weighted by atomic mass is 35.5. The molecule has 0 aliphatic carbocycles. The second-order valence-corrected chi connectivity index (χ2v) is 7.98. The summed E-state index contributed by atoms with van der Waals surface area (Å²) in [5, 5.41) is 4.25. The number of fused-ring (bicyclic) bond motifs is 1. The summed E-state index contributed by atoms with van der Waals surface area (Å²) in [5.41, 5.74) is 1.58. The predicted octanol–water partition coefficient (Wildman–Crippen LogP) is 4.78. The smallest absolute Gasteiger partial charge is 0.266 e. The average molecular weight is 452 g/mol. The first-order chi connectivity index (χ1) is 15.0. The summed E-state index contributed by atoms with van der Waals surface area (Å²) in [7, 11) is 1.57. The molecule has 0 spiro atoms. The van der Waals surface area contributed by atoms with Gasteiger partial charge in [-0.1, -0.05) is 47.6 Å². The van der Waals surface area contributed by atoms with Gasteiger partial charge in [0.25, 0.3) is 5.56 Å². The van der Waals surface area contributed by atoms with E-state index in [4.69, 9.17) is 16.3 Å². The monoisotopic (exact) mass is 451 g/mol. The number of halogens is 1. The van der Waals surface area contributed by atoms with E-state index in [0.29, 0.717) is 38.2 Å². The fourth-order valence-electron chi connectivity index (χ4n) is 3.08. The Labute approximate surface area is 187 Å². The molecule has 0 fully saturated rings. The van der Waals surface area contributed by atoms with Gasteiger partial charge < -0.3 is 10.1 Å². The summed E-state index contributed by atoms with van der Waals surface area (Å²) < 4.78 is 6.80. The van der Waals surface area contributed by atoms with Gasteiger partial charge in [0.1, 0.15) is 5.75 Å². The zero-order valence-electron chi connectivity index (χ0n) is 16.5. The van der Waals surface area contributed by atoms with Crippen molar-refractivity contribution in [2.45, 2.75) is 5.16 Å². The van der Waals surface area contributed by atoms with E-state index in [2.05, 4.69) is 10.3 Å². The van der Waals surface area contributed by atoms with Crippen molar-refractivity contribution in [3.05, 3.63) is 88.2 Å². The Balaban J connectivity index is 1.69. The summed E-state index contributed by atoms with van der Waals surface area (Å²) in [5.74, 6) is 0.459. The Bertz CT molecular complexity index is 1320. The summed E-state index contributed by atoms with van der Waals surface area (Å²) in [4.78, 5) is 30.4. The van der Waals surface area contributed by atoms with Gasteiger partial charge in [0.15, 0.2) is 5.16 Å². The molecule has 31 heavy (non-hydrogen) atoms. The third-order valence-corrected chi connectivity index (χ3v) is 5.67. The highest BCUT2D eigenvalue weighted by Gasteiger charge is 2.15. The second kappa shape index (κ2) is 9.24. The van der Waals surface area contributed by atoms with Crippen molar-refractivity contribution in [2.24, 2.45) is 0 Å². The van der Waals surface area contributed by atoms with Crippen LogP contribution in [0.1, 0.15) is 0 Å². The van der Waals surface area contributed by atoms with Crippen LogP contribution < -0.4 is 15.6 Å². The van der Waals surface area contributed by atoms with Crippen LogP contribution in [0, 0.1) is 0 Å². The third-order valence-electron chi connectivity index (χ3n) is 4.50. The van der Waals surface area contributed by atoms with Gasteiger partial charge in [0.2, 0.25) is 5.91 Å². The number of benzene rings is 3. The van der Waals surface area contributed by atoms with E-state index in [1.54, 1.807) is 73.8 Å². The molecule has 4 rings (SSSR count).